The molecule has 2 aromatic rings. The topological polar surface area (TPSA) is 88.9 Å². The predicted octanol–water partition coefficient (Wildman–Crippen LogP) is 2.13. The van der Waals surface area contributed by atoms with Crippen LogP contribution in [0.1, 0.15) is 30.6 Å². The molecule has 1 aliphatic rings. The van der Waals surface area contributed by atoms with Crippen LogP contribution in [-0.2, 0) is 22.1 Å². The van der Waals surface area contributed by atoms with Crippen molar-refractivity contribution >= 4 is 28.8 Å². The van der Waals surface area contributed by atoms with E-state index in [9.17, 15) is 18.4 Å². The van der Waals surface area contributed by atoms with Crippen molar-refractivity contribution in [3.8, 4) is 0 Å². The molecule has 10 heteroatoms. The molecule has 2 heterocycles. The second-order valence-electron chi connectivity index (χ2n) is 5.87. The third kappa shape index (κ3) is 4.19. The number of halogens is 2. The Labute approximate surface area is 146 Å². The molecule has 1 saturated carbocycles. The number of thiazole rings is 1. The first-order chi connectivity index (χ1) is 11.9. The minimum absolute atomic E-state index is 0.0302. The molecule has 0 saturated heterocycles. The minimum atomic E-state index is -3.68. The SMILES string of the molecule is O=C(Cn1cc(NC(=O)C(F)(F)c2cncs2)cn1)NC1CCCC1. The maximum absolute atomic E-state index is 14.0. The third-order valence-corrected chi connectivity index (χ3v) is 4.79. The van der Waals surface area contributed by atoms with Crippen LogP contribution >= 0.6 is 11.3 Å². The van der Waals surface area contributed by atoms with Crippen LogP contribution in [0.3, 0.4) is 0 Å². The van der Waals surface area contributed by atoms with Gasteiger partial charge in [0.2, 0.25) is 5.91 Å². The smallest absolute Gasteiger partial charge is 0.352 e. The normalized spacial score (nSPS) is 15.3. The Morgan fingerprint density at radius 1 is 1.32 bits per heavy atom. The van der Waals surface area contributed by atoms with Crippen LogP contribution in [0.5, 0.6) is 0 Å². The van der Waals surface area contributed by atoms with Gasteiger partial charge in [0.25, 0.3) is 0 Å². The second-order valence-corrected chi connectivity index (χ2v) is 6.76. The lowest BCUT2D eigenvalue weighted by molar-refractivity contribution is -0.140. The zero-order valence-corrected chi connectivity index (χ0v) is 14.1. The van der Waals surface area contributed by atoms with E-state index in [2.05, 4.69) is 20.7 Å². The van der Waals surface area contributed by atoms with Gasteiger partial charge in [0.1, 0.15) is 11.4 Å². The Morgan fingerprint density at radius 3 is 2.76 bits per heavy atom. The van der Waals surface area contributed by atoms with Gasteiger partial charge < -0.3 is 10.6 Å². The molecule has 0 bridgehead atoms. The van der Waals surface area contributed by atoms with E-state index < -0.39 is 16.7 Å². The van der Waals surface area contributed by atoms with Gasteiger partial charge in [-0.05, 0) is 12.8 Å². The highest BCUT2D eigenvalue weighted by atomic mass is 32.1. The van der Waals surface area contributed by atoms with Gasteiger partial charge in [-0.1, -0.05) is 12.8 Å². The van der Waals surface area contributed by atoms with E-state index in [1.54, 1.807) is 0 Å². The number of aromatic nitrogens is 3. The van der Waals surface area contributed by atoms with Gasteiger partial charge in [-0.25, -0.2) is 0 Å². The molecule has 2 aromatic heterocycles. The Kier molecular flexibility index (Phi) is 5.07. The number of alkyl halides is 2. The summed E-state index contributed by atoms with van der Waals surface area (Å²) in [6.45, 7) is -0.0302. The van der Waals surface area contributed by atoms with E-state index in [-0.39, 0.29) is 24.2 Å². The Bertz CT molecular complexity index is 741. The number of anilines is 1. The van der Waals surface area contributed by atoms with Crippen LogP contribution in [0.4, 0.5) is 14.5 Å². The van der Waals surface area contributed by atoms with Crippen molar-refractivity contribution in [1.29, 1.82) is 0 Å². The van der Waals surface area contributed by atoms with Gasteiger partial charge in [0.15, 0.2) is 0 Å². The fourth-order valence-electron chi connectivity index (χ4n) is 2.70. The van der Waals surface area contributed by atoms with Crippen molar-refractivity contribution in [3.05, 3.63) is 29.0 Å². The number of rotatable bonds is 6. The standard InChI is InChI=1S/C15H17F2N5O2S/c16-15(17,12-6-18-9-25-12)14(24)21-11-5-19-22(7-11)8-13(23)20-10-3-1-2-4-10/h5-7,9-10H,1-4,8H2,(H,20,23)(H,21,24). The van der Waals surface area contributed by atoms with Gasteiger partial charge in [0.05, 0.1) is 17.4 Å². The molecule has 7 nitrogen and oxygen atoms in total. The van der Waals surface area contributed by atoms with Crippen molar-refractivity contribution in [1.82, 2.24) is 20.1 Å². The first-order valence-corrected chi connectivity index (χ1v) is 8.73. The quantitative estimate of drug-likeness (QED) is 0.816. The molecule has 25 heavy (non-hydrogen) atoms. The molecule has 0 radical (unpaired) electrons. The summed E-state index contributed by atoms with van der Waals surface area (Å²) in [5, 5.41) is 8.93. The Hall–Kier alpha value is -2.36. The molecule has 2 N–H and O–H groups in total. The predicted molar refractivity (Wildman–Crippen MR) is 87.3 cm³/mol. The second kappa shape index (κ2) is 7.26. The van der Waals surface area contributed by atoms with Gasteiger partial charge in [-0.15, -0.1) is 11.3 Å². The summed E-state index contributed by atoms with van der Waals surface area (Å²) >= 11 is 0.702. The molecule has 0 aliphatic heterocycles. The lowest BCUT2D eigenvalue weighted by Crippen LogP contribution is -2.35. The fraction of sp³-hybridized carbons (Fsp3) is 0.467. The van der Waals surface area contributed by atoms with E-state index in [4.69, 9.17) is 0 Å². The zero-order valence-electron chi connectivity index (χ0n) is 13.2. The molecular weight excluding hydrogens is 352 g/mol. The van der Waals surface area contributed by atoms with Crippen molar-refractivity contribution in [2.45, 2.75) is 44.2 Å². The number of hydrogen-bond donors (Lipinski definition) is 2. The van der Waals surface area contributed by atoms with Crippen LogP contribution < -0.4 is 10.6 Å². The monoisotopic (exact) mass is 369 g/mol. The molecule has 1 aliphatic carbocycles. The zero-order chi connectivity index (χ0) is 17.9. The maximum Gasteiger partial charge on any atom is 0.360 e. The highest BCUT2D eigenvalue weighted by Crippen LogP contribution is 2.31. The number of nitrogens with one attached hydrogen (secondary N) is 2. The van der Waals surface area contributed by atoms with E-state index >= 15 is 0 Å². The van der Waals surface area contributed by atoms with Crippen molar-refractivity contribution in [2.75, 3.05) is 5.32 Å². The maximum atomic E-state index is 14.0. The molecule has 3 rings (SSSR count). The lowest BCUT2D eigenvalue weighted by Gasteiger charge is -2.13. The lowest BCUT2D eigenvalue weighted by atomic mass is 10.2. The average molecular weight is 369 g/mol. The number of carbonyl (C=O) groups excluding carboxylic acids is 2. The van der Waals surface area contributed by atoms with Crippen LogP contribution in [0, 0.1) is 0 Å². The summed E-state index contributed by atoms with van der Waals surface area (Å²) in [5.74, 6) is -5.34. The first-order valence-electron chi connectivity index (χ1n) is 7.85. The highest BCUT2D eigenvalue weighted by Gasteiger charge is 2.42. The molecule has 1 fully saturated rings. The van der Waals surface area contributed by atoms with E-state index in [1.165, 1.54) is 22.6 Å². The molecule has 2 amide bonds. The Balaban J connectivity index is 1.56. The van der Waals surface area contributed by atoms with E-state index in [1.807, 2.05) is 0 Å². The number of nitrogens with zero attached hydrogens (tertiary/aromatic N) is 3. The summed E-state index contributed by atoms with van der Waals surface area (Å²) in [4.78, 5) is 26.8. The molecule has 0 spiro atoms. The largest absolute Gasteiger partial charge is 0.360 e. The summed E-state index contributed by atoms with van der Waals surface area (Å²) in [5.41, 5.74) is 1.33. The third-order valence-electron chi connectivity index (χ3n) is 3.94. The molecule has 0 unspecified atom stereocenters. The first kappa shape index (κ1) is 17.5. The molecule has 0 atom stereocenters. The number of amides is 2. The van der Waals surface area contributed by atoms with Gasteiger partial charge in [0, 0.05) is 18.4 Å². The van der Waals surface area contributed by atoms with Crippen molar-refractivity contribution < 1.29 is 18.4 Å². The highest BCUT2D eigenvalue weighted by molar-refractivity contribution is 7.09. The molecule has 0 aromatic carbocycles. The van der Waals surface area contributed by atoms with Crippen molar-refractivity contribution in [3.63, 3.8) is 0 Å². The van der Waals surface area contributed by atoms with Gasteiger partial charge in [-0.3, -0.25) is 19.3 Å². The average Bonchev–Trinajstić information content (AvgIpc) is 3.29. The summed E-state index contributed by atoms with van der Waals surface area (Å²) < 4.78 is 29.3. The van der Waals surface area contributed by atoms with Gasteiger partial charge >= 0.3 is 11.8 Å². The van der Waals surface area contributed by atoms with Crippen molar-refractivity contribution in [2.24, 2.45) is 0 Å². The van der Waals surface area contributed by atoms with Gasteiger partial charge in [-0.2, -0.15) is 13.9 Å². The van der Waals surface area contributed by atoms with E-state index in [0.717, 1.165) is 31.9 Å². The summed E-state index contributed by atoms with van der Waals surface area (Å²) in [6.07, 6.45) is 7.69. The van der Waals surface area contributed by atoms with E-state index in [0.29, 0.717) is 11.3 Å². The molecular formula is C15H17F2N5O2S. The minimum Gasteiger partial charge on any atom is -0.352 e. The van der Waals surface area contributed by atoms with Crippen LogP contribution in [-0.4, -0.2) is 32.6 Å². The molecule has 134 valence electrons. The Morgan fingerprint density at radius 2 is 2.08 bits per heavy atom. The number of hydrogen-bond acceptors (Lipinski definition) is 5. The van der Waals surface area contributed by atoms with Crippen LogP contribution in [0.2, 0.25) is 0 Å². The van der Waals surface area contributed by atoms with Crippen LogP contribution in [0.25, 0.3) is 0 Å². The number of carbonyl (C=O) groups is 2. The summed E-state index contributed by atoms with van der Waals surface area (Å²) in [6, 6.07) is 0.195. The van der Waals surface area contributed by atoms with Crippen LogP contribution in [0.15, 0.2) is 24.1 Å². The fourth-order valence-corrected chi connectivity index (χ4v) is 3.30. The summed E-state index contributed by atoms with van der Waals surface area (Å²) in [7, 11) is 0.